The molecule has 0 unspecified atom stereocenters. The van der Waals surface area contributed by atoms with E-state index >= 15 is 0 Å². The molecular weight excluding hydrogens is 403 g/mol. The van der Waals surface area contributed by atoms with Crippen LogP contribution in [0, 0.1) is 0 Å². The first-order chi connectivity index (χ1) is 14.8. The van der Waals surface area contributed by atoms with Crippen molar-refractivity contribution in [2.75, 3.05) is 6.54 Å². The molecule has 1 aliphatic heterocycles. The molecule has 0 radical (unpaired) electrons. The zero-order valence-corrected chi connectivity index (χ0v) is 16.9. The molecule has 2 aromatic carbocycles. The molecule has 1 aromatic heterocycles. The van der Waals surface area contributed by atoms with Gasteiger partial charge in [-0.05, 0) is 48.2 Å². The Hall–Kier alpha value is -3.35. The second-order valence-electron chi connectivity index (χ2n) is 7.60. The highest BCUT2D eigenvalue weighted by Crippen LogP contribution is 2.36. The fourth-order valence-electron chi connectivity index (χ4n) is 3.93. The van der Waals surface area contributed by atoms with E-state index in [4.69, 9.17) is 0 Å². The minimum Gasteiger partial charge on any atom is -0.331 e. The maximum atomic E-state index is 13.2. The molecule has 2 heterocycles. The maximum Gasteiger partial charge on any atom is 0.416 e. The summed E-state index contributed by atoms with van der Waals surface area (Å²) in [5.74, 6) is 0. The second-order valence-corrected chi connectivity index (χ2v) is 7.60. The van der Waals surface area contributed by atoms with Crippen LogP contribution in [0.5, 0.6) is 0 Å². The SMILES string of the molecule is C[C@H](NC(=O)N1CCc2cccnc2[C@H]1c1ccc(C(F)(F)F)cc1)c1ccccc1. The van der Waals surface area contributed by atoms with Gasteiger partial charge in [0.2, 0.25) is 0 Å². The molecule has 3 aromatic rings. The Morgan fingerprint density at radius 1 is 1.06 bits per heavy atom. The minimum atomic E-state index is -4.41. The molecule has 0 fully saturated rings. The van der Waals surface area contributed by atoms with Gasteiger partial charge in [-0.3, -0.25) is 4.98 Å². The van der Waals surface area contributed by atoms with Gasteiger partial charge in [-0.2, -0.15) is 13.2 Å². The maximum absolute atomic E-state index is 13.2. The quantitative estimate of drug-likeness (QED) is 0.601. The predicted molar refractivity (Wildman–Crippen MR) is 111 cm³/mol. The normalized spacial score (nSPS) is 17.0. The Morgan fingerprint density at radius 3 is 2.45 bits per heavy atom. The average molecular weight is 425 g/mol. The Morgan fingerprint density at radius 2 is 1.77 bits per heavy atom. The molecule has 2 atom stereocenters. The van der Waals surface area contributed by atoms with Gasteiger partial charge in [0.25, 0.3) is 0 Å². The van der Waals surface area contributed by atoms with Crippen LogP contribution in [0.2, 0.25) is 0 Å². The van der Waals surface area contributed by atoms with E-state index in [0.717, 1.165) is 23.3 Å². The summed E-state index contributed by atoms with van der Waals surface area (Å²) in [4.78, 5) is 19.3. The lowest BCUT2D eigenvalue weighted by molar-refractivity contribution is -0.137. The number of hydrogen-bond donors (Lipinski definition) is 1. The molecule has 0 saturated carbocycles. The number of carbonyl (C=O) groups excluding carboxylic acids is 1. The van der Waals surface area contributed by atoms with Gasteiger partial charge in [0.1, 0.15) is 6.04 Å². The number of halogens is 3. The first kappa shape index (κ1) is 20.9. The van der Waals surface area contributed by atoms with Crippen LogP contribution in [-0.2, 0) is 12.6 Å². The molecule has 7 heteroatoms. The number of aromatic nitrogens is 1. The van der Waals surface area contributed by atoms with Crippen LogP contribution >= 0.6 is 0 Å². The van der Waals surface area contributed by atoms with Crippen LogP contribution in [-0.4, -0.2) is 22.5 Å². The molecule has 160 valence electrons. The highest BCUT2D eigenvalue weighted by atomic mass is 19.4. The lowest BCUT2D eigenvalue weighted by atomic mass is 9.92. The predicted octanol–water partition coefficient (Wildman–Crippen LogP) is 5.52. The zero-order valence-electron chi connectivity index (χ0n) is 16.9. The molecule has 0 spiro atoms. The van der Waals surface area contributed by atoms with Crippen molar-refractivity contribution in [3.05, 3.63) is 101 Å². The third kappa shape index (κ3) is 4.40. The summed E-state index contributed by atoms with van der Waals surface area (Å²) < 4.78 is 39.1. The number of urea groups is 1. The monoisotopic (exact) mass is 425 g/mol. The van der Waals surface area contributed by atoms with Crippen LogP contribution in [0.3, 0.4) is 0 Å². The summed E-state index contributed by atoms with van der Waals surface area (Å²) >= 11 is 0. The van der Waals surface area contributed by atoms with Gasteiger partial charge in [0, 0.05) is 12.7 Å². The van der Waals surface area contributed by atoms with Crippen molar-refractivity contribution in [1.82, 2.24) is 15.2 Å². The summed E-state index contributed by atoms with van der Waals surface area (Å²) in [7, 11) is 0. The van der Waals surface area contributed by atoms with Gasteiger partial charge >= 0.3 is 12.2 Å². The number of carbonyl (C=O) groups is 1. The van der Waals surface area contributed by atoms with E-state index in [0.29, 0.717) is 24.2 Å². The number of nitrogens with one attached hydrogen (secondary N) is 1. The summed E-state index contributed by atoms with van der Waals surface area (Å²) in [6.07, 6.45) is -2.14. The van der Waals surface area contributed by atoms with Crippen molar-refractivity contribution in [3.8, 4) is 0 Å². The van der Waals surface area contributed by atoms with Gasteiger partial charge in [-0.25, -0.2) is 4.79 Å². The van der Waals surface area contributed by atoms with Crippen molar-refractivity contribution in [3.63, 3.8) is 0 Å². The molecule has 0 bridgehead atoms. The molecule has 1 N–H and O–H groups in total. The van der Waals surface area contributed by atoms with E-state index < -0.39 is 17.8 Å². The number of amides is 2. The van der Waals surface area contributed by atoms with Crippen molar-refractivity contribution in [2.24, 2.45) is 0 Å². The molecular formula is C24H22F3N3O. The number of pyridine rings is 1. The minimum absolute atomic E-state index is 0.216. The molecule has 0 saturated heterocycles. The number of nitrogens with zero attached hydrogens (tertiary/aromatic N) is 2. The van der Waals surface area contributed by atoms with Gasteiger partial charge in [0.15, 0.2) is 0 Å². The average Bonchev–Trinajstić information content (AvgIpc) is 2.78. The van der Waals surface area contributed by atoms with Crippen LogP contribution in [0.4, 0.5) is 18.0 Å². The van der Waals surface area contributed by atoms with Crippen LogP contribution in [0.15, 0.2) is 72.9 Å². The summed E-state index contributed by atoms with van der Waals surface area (Å²) in [6.45, 7) is 2.34. The lowest BCUT2D eigenvalue weighted by Crippen LogP contribution is -2.47. The van der Waals surface area contributed by atoms with E-state index in [2.05, 4.69) is 10.3 Å². The standard InChI is InChI=1S/C24H22F3N3O/c1-16(17-6-3-2-4-7-17)29-23(31)30-15-13-18-8-5-14-28-21(18)22(30)19-9-11-20(12-10-19)24(25,26)27/h2-12,14,16,22H,13,15H2,1H3,(H,29,31)/t16-,22+/m0/s1. The zero-order chi connectivity index (χ0) is 22.0. The highest BCUT2D eigenvalue weighted by molar-refractivity contribution is 5.76. The van der Waals surface area contributed by atoms with E-state index in [1.54, 1.807) is 11.1 Å². The first-order valence-corrected chi connectivity index (χ1v) is 10.1. The van der Waals surface area contributed by atoms with E-state index in [9.17, 15) is 18.0 Å². The van der Waals surface area contributed by atoms with E-state index in [1.807, 2.05) is 49.4 Å². The highest BCUT2D eigenvalue weighted by Gasteiger charge is 2.35. The molecule has 1 aliphatic rings. The summed E-state index contributed by atoms with van der Waals surface area (Å²) in [5, 5.41) is 3.01. The van der Waals surface area contributed by atoms with E-state index in [1.165, 1.54) is 12.1 Å². The third-order valence-electron chi connectivity index (χ3n) is 5.57. The van der Waals surface area contributed by atoms with Crippen molar-refractivity contribution >= 4 is 6.03 Å². The molecule has 31 heavy (non-hydrogen) atoms. The van der Waals surface area contributed by atoms with Crippen LogP contribution < -0.4 is 5.32 Å². The Kier molecular flexibility index (Phi) is 5.67. The Labute approximate surface area is 178 Å². The molecule has 4 nitrogen and oxygen atoms in total. The molecule has 2 amide bonds. The van der Waals surface area contributed by atoms with Crippen molar-refractivity contribution in [2.45, 2.75) is 31.6 Å². The number of rotatable bonds is 3. The Balaban J connectivity index is 1.65. The van der Waals surface area contributed by atoms with Crippen molar-refractivity contribution < 1.29 is 18.0 Å². The van der Waals surface area contributed by atoms with Crippen molar-refractivity contribution in [1.29, 1.82) is 0 Å². The van der Waals surface area contributed by atoms with Crippen LogP contribution in [0.1, 0.15) is 47.0 Å². The second kappa shape index (κ2) is 8.41. The summed E-state index contributed by atoms with van der Waals surface area (Å²) in [5.41, 5.74) is 2.53. The number of alkyl halides is 3. The van der Waals surface area contributed by atoms with Crippen LogP contribution in [0.25, 0.3) is 0 Å². The molecule has 4 rings (SSSR count). The van der Waals surface area contributed by atoms with Gasteiger partial charge in [0.05, 0.1) is 17.3 Å². The fraction of sp³-hybridized carbons (Fsp3) is 0.250. The third-order valence-corrected chi connectivity index (χ3v) is 5.57. The number of benzene rings is 2. The lowest BCUT2D eigenvalue weighted by Gasteiger charge is -2.37. The fourth-order valence-corrected chi connectivity index (χ4v) is 3.93. The number of fused-ring (bicyclic) bond motifs is 1. The number of hydrogen-bond acceptors (Lipinski definition) is 2. The largest absolute Gasteiger partial charge is 0.416 e. The van der Waals surface area contributed by atoms with Gasteiger partial charge in [-0.15, -0.1) is 0 Å². The van der Waals surface area contributed by atoms with Gasteiger partial charge in [-0.1, -0.05) is 48.5 Å². The van der Waals surface area contributed by atoms with Gasteiger partial charge < -0.3 is 10.2 Å². The topological polar surface area (TPSA) is 45.2 Å². The summed E-state index contributed by atoms with van der Waals surface area (Å²) in [6, 6.07) is 17.3. The van der Waals surface area contributed by atoms with E-state index in [-0.39, 0.29) is 12.1 Å². The molecule has 0 aliphatic carbocycles. The first-order valence-electron chi connectivity index (χ1n) is 10.1. The smallest absolute Gasteiger partial charge is 0.331 e. The Bertz CT molecular complexity index is 1050.